The maximum absolute atomic E-state index is 11.0. The first kappa shape index (κ1) is 11.6. The quantitative estimate of drug-likeness (QED) is 0.666. The lowest BCUT2D eigenvalue weighted by atomic mass is 10.0. The average molecular weight is 231 g/mol. The number of allylic oxidation sites excluding steroid dienone is 4. The number of halogens is 1. The highest BCUT2D eigenvalue weighted by Gasteiger charge is 2.04. The Balaban J connectivity index is 0.000000561. The summed E-state index contributed by atoms with van der Waals surface area (Å²) in [5.74, 6) is 0.177. The summed E-state index contributed by atoms with van der Waals surface area (Å²) in [5, 5.41) is 0.434. The Morgan fingerprint density at radius 2 is 2.17 bits per heavy atom. The Morgan fingerprint density at radius 1 is 1.50 bits per heavy atom. The Kier molecular flexibility index (Phi) is 7.06. The lowest BCUT2D eigenvalue weighted by Crippen LogP contribution is -2.02. The topological polar surface area (TPSA) is 17.1 Å². The molecular weight excluding hydrogens is 216 g/mol. The summed E-state index contributed by atoms with van der Waals surface area (Å²) < 4.78 is 0. The molecule has 0 aromatic carbocycles. The molecule has 1 aliphatic carbocycles. The minimum Gasteiger partial charge on any atom is -0.293 e. The molecule has 0 fully saturated rings. The second-order valence-electron chi connectivity index (χ2n) is 2.20. The number of carbonyl (C=O) groups is 1. The van der Waals surface area contributed by atoms with Gasteiger partial charge in [0.05, 0.1) is 5.33 Å². The number of Topliss-reactive ketones (excluding diaryl/α,β-unsaturated/α-hetero) is 1. The number of hydrogen-bond donors (Lipinski definition) is 0. The maximum Gasteiger partial charge on any atom is 0.173 e. The van der Waals surface area contributed by atoms with E-state index in [-0.39, 0.29) is 5.78 Å². The minimum atomic E-state index is 0.177. The first-order chi connectivity index (χ1) is 5.84. The molecule has 0 bridgehead atoms. The largest absolute Gasteiger partial charge is 0.293 e. The van der Waals surface area contributed by atoms with Crippen molar-refractivity contribution < 1.29 is 4.79 Å². The molecule has 0 amide bonds. The third-order valence-corrected chi connectivity index (χ3v) is 1.95. The van der Waals surface area contributed by atoms with E-state index in [1.165, 1.54) is 0 Å². The Hall–Kier alpha value is -0.370. The number of hydrogen-bond acceptors (Lipinski definition) is 1. The van der Waals surface area contributed by atoms with Crippen LogP contribution in [0.2, 0.25) is 0 Å². The van der Waals surface area contributed by atoms with Gasteiger partial charge in [-0.25, -0.2) is 0 Å². The van der Waals surface area contributed by atoms with Crippen LogP contribution in [0.5, 0.6) is 0 Å². The number of carbonyl (C=O) groups excluding carboxylic acids is 1. The molecule has 0 saturated heterocycles. The number of ketones is 1. The van der Waals surface area contributed by atoms with Crippen LogP contribution in [0.4, 0.5) is 0 Å². The molecule has 12 heavy (non-hydrogen) atoms. The normalized spacial score (nSPS) is 14.4. The first-order valence-electron chi connectivity index (χ1n) is 4.30. The van der Waals surface area contributed by atoms with E-state index in [0.717, 1.165) is 18.4 Å². The zero-order valence-corrected chi connectivity index (χ0v) is 9.23. The van der Waals surface area contributed by atoms with Crippen molar-refractivity contribution in [3.63, 3.8) is 0 Å². The van der Waals surface area contributed by atoms with Crippen LogP contribution in [0, 0.1) is 0 Å². The predicted molar refractivity (Wildman–Crippen MR) is 56.6 cm³/mol. The van der Waals surface area contributed by atoms with Crippen LogP contribution in [-0.2, 0) is 4.79 Å². The molecule has 0 radical (unpaired) electrons. The summed E-state index contributed by atoms with van der Waals surface area (Å²) in [7, 11) is 0. The van der Waals surface area contributed by atoms with Crippen molar-refractivity contribution in [2.24, 2.45) is 0 Å². The predicted octanol–water partition coefficient (Wildman–Crippen LogP) is 3.25. The lowest BCUT2D eigenvalue weighted by Gasteiger charge is -2.02. The SMILES string of the molecule is CC.O=C(CBr)C1=CCCC=C1. The lowest BCUT2D eigenvalue weighted by molar-refractivity contribution is -0.112. The molecule has 0 aliphatic heterocycles. The molecule has 0 aromatic heterocycles. The van der Waals surface area contributed by atoms with Gasteiger partial charge in [-0.05, 0) is 12.8 Å². The van der Waals surface area contributed by atoms with Crippen molar-refractivity contribution in [3.05, 3.63) is 23.8 Å². The van der Waals surface area contributed by atoms with E-state index < -0.39 is 0 Å². The van der Waals surface area contributed by atoms with Gasteiger partial charge in [-0.3, -0.25) is 4.79 Å². The van der Waals surface area contributed by atoms with Crippen molar-refractivity contribution in [1.29, 1.82) is 0 Å². The summed E-state index contributed by atoms with van der Waals surface area (Å²) >= 11 is 3.13. The van der Waals surface area contributed by atoms with Gasteiger partial charge in [-0.2, -0.15) is 0 Å². The molecule has 0 heterocycles. The van der Waals surface area contributed by atoms with Crippen molar-refractivity contribution in [3.8, 4) is 0 Å². The minimum absolute atomic E-state index is 0.177. The van der Waals surface area contributed by atoms with Gasteiger partial charge >= 0.3 is 0 Å². The van der Waals surface area contributed by atoms with Gasteiger partial charge in [0.2, 0.25) is 0 Å². The van der Waals surface area contributed by atoms with E-state index in [1.807, 2.05) is 32.1 Å². The van der Waals surface area contributed by atoms with Gasteiger partial charge in [0.1, 0.15) is 0 Å². The Labute approximate surface area is 82.7 Å². The summed E-state index contributed by atoms with van der Waals surface area (Å²) in [4.78, 5) is 11.0. The summed E-state index contributed by atoms with van der Waals surface area (Å²) in [6.07, 6.45) is 8.00. The number of rotatable bonds is 2. The van der Waals surface area contributed by atoms with Crippen molar-refractivity contribution in [2.45, 2.75) is 26.7 Å². The van der Waals surface area contributed by atoms with Crippen molar-refractivity contribution >= 4 is 21.7 Å². The third-order valence-electron chi connectivity index (χ3n) is 1.44. The van der Waals surface area contributed by atoms with E-state index in [9.17, 15) is 4.79 Å². The summed E-state index contributed by atoms with van der Waals surface area (Å²) in [6, 6.07) is 0. The smallest absolute Gasteiger partial charge is 0.173 e. The van der Waals surface area contributed by atoms with Crippen molar-refractivity contribution in [2.75, 3.05) is 5.33 Å². The van der Waals surface area contributed by atoms with E-state index in [1.54, 1.807) is 0 Å². The monoisotopic (exact) mass is 230 g/mol. The molecule has 0 N–H and O–H groups in total. The van der Waals surface area contributed by atoms with Crippen LogP contribution in [0.25, 0.3) is 0 Å². The van der Waals surface area contributed by atoms with Crippen molar-refractivity contribution in [1.82, 2.24) is 0 Å². The molecule has 0 atom stereocenters. The first-order valence-corrected chi connectivity index (χ1v) is 5.42. The zero-order chi connectivity index (χ0) is 9.40. The van der Waals surface area contributed by atoms with Crippen LogP contribution in [-0.4, -0.2) is 11.1 Å². The molecule has 1 nitrogen and oxygen atoms in total. The highest BCUT2D eigenvalue weighted by molar-refractivity contribution is 9.09. The van der Waals surface area contributed by atoms with Crippen LogP contribution in [0.15, 0.2) is 23.8 Å². The summed E-state index contributed by atoms with van der Waals surface area (Å²) in [6.45, 7) is 4.00. The molecule has 2 heteroatoms. The van der Waals surface area contributed by atoms with Crippen LogP contribution in [0.1, 0.15) is 26.7 Å². The third kappa shape index (κ3) is 3.86. The molecule has 0 spiro atoms. The fraction of sp³-hybridized carbons (Fsp3) is 0.500. The van der Waals surface area contributed by atoms with Gasteiger partial charge < -0.3 is 0 Å². The van der Waals surface area contributed by atoms with E-state index in [0.29, 0.717) is 5.33 Å². The molecule has 0 saturated carbocycles. The second kappa shape index (κ2) is 7.29. The van der Waals surface area contributed by atoms with Crippen LogP contribution < -0.4 is 0 Å². The van der Waals surface area contributed by atoms with Crippen LogP contribution >= 0.6 is 15.9 Å². The van der Waals surface area contributed by atoms with E-state index in [2.05, 4.69) is 15.9 Å². The van der Waals surface area contributed by atoms with Gasteiger partial charge in [0.25, 0.3) is 0 Å². The highest BCUT2D eigenvalue weighted by atomic mass is 79.9. The molecule has 0 aromatic rings. The molecule has 68 valence electrons. The fourth-order valence-electron chi connectivity index (χ4n) is 0.897. The molecule has 1 aliphatic rings. The van der Waals surface area contributed by atoms with Gasteiger partial charge in [-0.1, -0.05) is 48.0 Å². The highest BCUT2D eigenvalue weighted by Crippen LogP contribution is 2.10. The Morgan fingerprint density at radius 3 is 2.58 bits per heavy atom. The van der Waals surface area contributed by atoms with Gasteiger partial charge in [0, 0.05) is 5.57 Å². The standard InChI is InChI=1S/C8H9BrO.C2H6/c9-6-8(10)7-4-2-1-3-5-7;1-2/h2,4-5H,1,3,6H2;1-2H3. The van der Waals surface area contributed by atoms with E-state index >= 15 is 0 Å². The van der Waals surface area contributed by atoms with Crippen LogP contribution in [0.3, 0.4) is 0 Å². The molecule has 1 rings (SSSR count). The Bertz CT molecular complexity index is 192. The second-order valence-corrected chi connectivity index (χ2v) is 2.76. The average Bonchev–Trinajstić information content (AvgIpc) is 2.21. The molecular formula is C10H15BrO. The summed E-state index contributed by atoms with van der Waals surface area (Å²) in [5.41, 5.74) is 0.850. The van der Waals surface area contributed by atoms with Gasteiger partial charge in [-0.15, -0.1) is 0 Å². The number of alkyl halides is 1. The fourth-order valence-corrected chi connectivity index (χ4v) is 1.22. The van der Waals surface area contributed by atoms with Gasteiger partial charge in [0.15, 0.2) is 5.78 Å². The van der Waals surface area contributed by atoms with E-state index in [4.69, 9.17) is 0 Å². The maximum atomic E-state index is 11.0. The zero-order valence-electron chi connectivity index (χ0n) is 7.64. The molecule has 0 unspecified atom stereocenters.